The lowest BCUT2D eigenvalue weighted by Crippen LogP contribution is -2.22. The van der Waals surface area contributed by atoms with Crippen LogP contribution >= 0.6 is 0 Å². The van der Waals surface area contributed by atoms with E-state index in [2.05, 4.69) is 45.1 Å². The van der Waals surface area contributed by atoms with Gasteiger partial charge in [0.1, 0.15) is 23.1 Å². The van der Waals surface area contributed by atoms with Gasteiger partial charge in [-0.15, -0.1) is 0 Å². The summed E-state index contributed by atoms with van der Waals surface area (Å²) in [6.45, 7) is 12.8. The van der Waals surface area contributed by atoms with Crippen molar-refractivity contribution in [3.05, 3.63) is 94.6 Å². The lowest BCUT2D eigenvalue weighted by molar-refractivity contribution is 0.400. The molecule has 5 heteroatoms. The van der Waals surface area contributed by atoms with Crippen LogP contribution in [0.4, 0.5) is 8.78 Å². The fourth-order valence-corrected chi connectivity index (χ4v) is 5.53. The first-order valence-electron chi connectivity index (χ1n) is 14.7. The molecular formula is C37H43F2NO2. The fraction of sp³-hybridized carbons (Fsp3) is 0.351. The Bertz CT molecular complexity index is 1440. The number of hydrogen-bond acceptors (Lipinski definition) is 3. The Morgan fingerprint density at radius 1 is 0.667 bits per heavy atom. The first kappa shape index (κ1) is 31.2. The molecule has 3 nitrogen and oxygen atoms in total. The molecule has 1 N–H and O–H groups in total. The summed E-state index contributed by atoms with van der Waals surface area (Å²) in [4.78, 5) is 0. The zero-order valence-corrected chi connectivity index (χ0v) is 26.1. The highest BCUT2D eigenvalue weighted by Crippen LogP contribution is 2.40. The molecule has 0 spiro atoms. The van der Waals surface area contributed by atoms with Crippen LogP contribution in [0.25, 0.3) is 33.4 Å². The molecule has 0 fully saturated rings. The number of ether oxygens (including phenoxy) is 2. The summed E-state index contributed by atoms with van der Waals surface area (Å²) in [5.41, 5.74) is 8.70. The van der Waals surface area contributed by atoms with Gasteiger partial charge in [0.25, 0.3) is 0 Å². The summed E-state index contributed by atoms with van der Waals surface area (Å²) in [6, 6.07) is 19.5. The number of nitrogens with one attached hydrogen (secondary N) is 1. The van der Waals surface area contributed by atoms with Crippen molar-refractivity contribution in [3.63, 3.8) is 0 Å². The first-order valence-corrected chi connectivity index (χ1v) is 14.7. The molecule has 0 aliphatic rings. The van der Waals surface area contributed by atoms with Gasteiger partial charge in [0.2, 0.25) is 0 Å². The van der Waals surface area contributed by atoms with Crippen molar-refractivity contribution in [2.45, 2.75) is 67.0 Å². The maximum absolute atomic E-state index is 15.4. The van der Waals surface area contributed by atoms with Crippen LogP contribution in [0.5, 0.6) is 11.5 Å². The highest BCUT2D eigenvalue weighted by molar-refractivity contribution is 5.84. The van der Waals surface area contributed by atoms with Gasteiger partial charge in [0.15, 0.2) is 0 Å². The molecule has 0 aromatic heterocycles. The normalized spacial score (nSPS) is 11.4. The summed E-state index contributed by atoms with van der Waals surface area (Å²) < 4.78 is 42.0. The molecule has 0 amide bonds. The molecule has 0 saturated carbocycles. The molecule has 0 radical (unpaired) electrons. The fourth-order valence-electron chi connectivity index (χ4n) is 5.53. The van der Waals surface area contributed by atoms with E-state index in [1.165, 1.54) is 0 Å². The van der Waals surface area contributed by atoms with E-state index < -0.39 is 0 Å². The second kappa shape index (κ2) is 13.5. The summed E-state index contributed by atoms with van der Waals surface area (Å²) >= 11 is 0. The molecular weight excluding hydrogens is 528 g/mol. The summed E-state index contributed by atoms with van der Waals surface area (Å²) in [5, 5.41) is 3.28. The van der Waals surface area contributed by atoms with E-state index in [4.69, 9.17) is 9.47 Å². The Morgan fingerprint density at radius 2 is 1.12 bits per heavy atom. The SMILES string of the molecule is COc1cc(-c2cccc(-c3cccc(-c4cc(F)c(CNC(C)C)c(OC)c4)c3C)c2C)cc(F)c1CCC(C)C. The molecule has 0 atom stereocenters. The molecule has 0 unspecified atom stereocenters. The largest absolute Gasteiger partial charge is 0.496 e. The minimum absolute atomic E-state index is 0.229. The minimum Gasteiger partial charge on any atom is -0.496 e. The van der Waals surface area contributed by atoms with Crippen LogP contribution in [-0.4, -0.2) is 20.3 Å². The number of hydrogen-bond donors (Lipinski definition) is 1. The van der Waals surface area contributed by atoms with Gasteiger partial charge >= 0.3 is 0 Å². The molecule has 4 aromatic rings. The standard InChI is InChI=1S/C37H43F2NO2/c1-22(2)15-16-32-34(38)17-26(19-36(32)41-7)28-11-9-13-30(24(28)5)31-14-10-12-29(25(31)6)27-18-35(39)33(21-40-23(3)4)37(20-27)42-8/h9-14,17-20,22-23,40H,15-16,21H2,1-8H3. The Labute approximate surface area is 249 Å². The van der Waals surface area contributed by atoms with Crippen molar-refractivity contribution in [2.75, 3.05) is 14.2 Å². The van der Waals surface area contributed by atoms with Gasteiger partial charge in [-0.3, -0.25) is 0 Å². The molecule has 4 aromatic carbocycles. The van der Waals surface area contributed by atoms with Gasteiger partial charge in [-0.2, -0.15) is 0 Å². The number of benzene rings is 4. The van der Waals surface area contributed by atoms with Crippen LogP contribution in [0.2, 0.25) is 0 Å². The highest BCUT2D eigenvalue weighted by Gasteiger charge is 2.19. The quantitative estimate of drug-likeness (QED) is 0.194. The van der Waals surface area contributed by atoms with E-state index in [-0.39, 0.29) is 17.7 Å². The molecule has 0 aliphatic carbocycles. The lowest BCUT2D eigenvalue weighted by atomic mass is 9.87. The van der Waals surface area contributed by atoms with Gasteiger partial charge in [-0.25, -0.2) is 8.78 Å². The molecule has 0 heterocycles. The van der Waals surface area contributed by atoms with Gasteiger partial charge in [-0.05, 0) is 101 Å². The van der Waals surface area contributed by atoms with E-state index in [0.29, 0.717) is 41.5 Å². The second-order valence-corrected chi connectivity index (χ2v) is 11.7. The van der Waals surface area contributed by atoms with E-state index in [0.717, 1.165) is 50.9 Å². The molecule has 0 aliphatic heterocycles. The van der Waals surface area contributed by atoms with Crippen LogP contribution < -0.4 is 14.8 Å². The predicted octanol–water partition coefficient (Wildman–Crippen LogP) is 9.69. The van der Waals surface area contributed by atoms with E-state index >= 15 is 8.78 Å². The number of methoxy groups -OCH3 is 2. The average molecular weight is 572 g/mol. The summed E-state index contributed by atoms with van der Waals surface area (Å²) in [7, 11) is 3.17. The van der Waals surface area contributed by atoms with E-state index in [1.807, 2.05) is 50.2 Å². The first-order chi connectivity index (χ1) is 20.0. The number of halogens is 2. The molecule has 4 rings (SSSR count). The van der Waals surface area contributed by atoms with Crippen molar-refractivity contribution in [1.29, 1.82) is 0 Å². The van der Waals surface area contributed by atoms with Gasteiger partial charge in [-0.1, -0.05) is 64.1 Å². The Balaban J connectivity index is 1.77. The second-order valence-electron chi connectivity index (χ2n) is 11.7. The van der Waals surface area contributed by atoms with Crippen LogP contribution in [-0.2, 0) is 13.0 Å². The van der Waals surface area contributed by atoms with Crippen LogP contribution in [0.15, 0.2) is 60.7 Å². The highest BCUT2D eigenvalue weighted by atomic mass is 19.1. The monoisotopic (exact) mass is 571 g/mol. The van der Waals surface area contributed by atoms with Gasteiger partial charge < -0.3 is 14.8 Å². The summed E-state index contributed by atoms with van der Waals surface area (Å²) in [5.74, 6) is 1.04. The summed E-state index contributed by atoms with van der Waals surface area (Å²) in [6.07, 6.45) is 1.53. The third-order valence-electron chi connectivity index (χ3n) is 7.99. The third kappa shape index (κ3) is 6.68. The number of rotatable bonds is 11. The van der Waals surface area contributed by atoms with Gasteiger partial charge in [0, 0.05) is 23.7 Å². The van der Waals surface area contributed by atoms with Crippen molar-refractivity contribution >= 4 is 0 Å². The topological polar surface area (TPSA) is 30.5 Å². The van der Waals surface area contributed by atoms with Gasteiger partial charge in [0.05, 0.1) is 14.2 Å². The Kier molecular flexibility index (Phi) is 10.1. The smallest absolute Gasteiger partial charge is 0.132 e. The average Bonchev–Trinajstić information content (AvgIpc) is 2.95. The Hall–Kier alpha value is -3.70. The third-order valence-corrected chi connectivity index (χ3v) is 7.99. The zero-order chi connectivity index (χ0) is 30.6. The van der Waals surface area contributed by atoms with E-state index in [1.54, 1.807) is 26.4 Å². The predicted molar refractivity (Wildman–Crippen MR) is 170 cm³/mol. The zero-order valence-electron chi connectivity index (χ0n) is 26.1. The maximum atomic E-state index is 15.4. The van der Waals surface area contributed by atoms with Crippen molar-refractivity contribution in [1.82, 2.24) is 5.32 Å². The van der Waals surface area contributed by atoms with Crippen molar-refractivity contribution in [3.8, 4) is 44.9 Å². The molecule has 222 valence electrons. The molecule has 0 bridgehead atoms. The van der Waals surface area contributed by atoms with Crippen LogP contribution in [0, 0.1) is 31.4 Å². The van der Waals surface area contributed by atoms with Crippen molar-refractivity contribution in [2.24, 2.45) is 5.92 Å². The van der Waals surface area contributed by atoms with Crippen LogP contribution in [0.1, 0.15) is 56.4 Å². The van der Waals surface area contributed by atoms with E-state index in [9.17, 15) is 0 Å². The van der Waals surface area contributed by atoms with Crippen molar-refractivity contribution < 1.29 is 18.3 Å². The lowest BCUT2D eigenvalue weighted by Gasteiger charge is -2.19. The Morgan fingerprint density at radius 3 is 1.57 bits per heavy atom. The molecule has 0 saturated heterocycles. The minimum atomic E-state index is -0.298. The molecule has 42 heavy (non-hydrogen) atoms. The van der Waals surface area contributed by atoms with Crippen LogP contribution in [0.3, 0.4) is 0 Å². The maximum Gasteiger partial charge on any atom is 0.132 e.